The van der Waals surface area contributed by atoms with Crippen molar-refractivity contribution in [3.8, 4) is 0 Å². The fourth-order valence-electron chi connectivity index (χ4n) is 9.08. The average Bonchev–Trinajstić information content (AvgIpc) is 2.97. The van der Waals surface area contributed by atoms with Gasteiger partial charge in [0.25, 0.3) is 0 Å². The molecule has 2 rings (SSSR count). The first-order valence-corrected chi connectivity index (χ1v) is 20.1. The van der Waals surface area contributed by atoms with E-state index in [1.807, 2.05) is 0 Å². The van der Waals surface area contributed by atoms with Crippen LogP contribution in [0.5, 0.6) is 0 Å². The minimum absolute atomic E-state index is 0. The van der Waals surface area contributed by atoms with E-state index in [2.05, 4.69) is 110 Å². The SMILES string of the molecule is C[C@@H]1[C@H](C)[C@@H](C)C([Si](C)(CC[Si](C)([N-]C(C)(C)C)C2[C@H](C)[C@H](C)[C@H](C)[C@H]2C)[N-]C(C)(C)C)[C@@H]1C.[CH3-].[CH3-].[CH3-].[CH3-].[CH3-].[CH3-].[Ti+4].[Ti+4]. The summed E-state index contributed by atoms with van der Waals surface area (Å²) in [7, 11) is -3.75. The summed E-state index contributed by atoms with van der Waals surface area (Å²) in [5.74, 6) is 6.36. The third-order valence-electron chi connectivity index (χ3n) is 11.0. The van der Waals surface area contributed by atoms with Crippen LogP contribution in [0.25, 0.3) is 9.96 Å². The summed E-state index contributed by atoms with van der Waals surface area (Å²) in [6.45, 7) is 39.7. The number of nitrogens with zero attached hydrogens (tertiary/aromatic N) is 2. The van der Waals surface area contributed by atoms with Gasteiger partial charge in [-0.3, -0.25) is 0 Å². The molecule has 0 amide bonds. The van der Waals surface area contributed by atoms with E-state index in [9.17, 15) is 0 Å². The molecule has 0 aromatic carbocycles. The van der Waals surface area contributed by atoms with Crippen molar-refractivity contribution in [2.24, 2.45) is 47.3 Å². The molecule has 250 valence electrons. The molecule has 0 saturated heterocycles. The van der Waals surface area contributed by atoms with Crippen LogP contribution in [0.2, 0.25) is 36.3 Å². The van der Waals surface area contributed by atoms with E-state index < -0.39 is 16.5 Å². The van der Waals surface area contributed by atoms with Gasteiger partial charge in [0.15, 0.2) is 0 Å². The van der Waals surface area contributed by atoms with E-state index in [4.69, 9.17) is 9.96 Å². The first kappa shape index (κ1) is 59.2. The molecule has 2 nitrogen and oxygen atoms in total. The Balaban J connectivity index is -0.000000306. The zero-order valence-electron chi connectivity index (χ0n) is 33.1. The van der Waals surface area contributed by atoms with Gasteiger partial charge in [0, 0.05) is 0 Å². The number of rotatable bonds is 7. The van der Waals surface area contributed by atoms with Crippen LogP contribution in [0.1, 0.15) is 96.9 Å². The first-order valence-electron chi connectivity index (χ1n) is 14.6. The molecule has 0 radical (unpaired) electrons. The molecule has 2 saturated carbocycles. The molecule has 0 bridgehead atoms. The molecule has 2 aliphatic carbocycles. The number of hydrogen-bond donors (Lipinski definition) is 0. The molecule has 0 aromatic heterocycles. The standard InChI is InChI=1S/C30H62N2Si2.6CH3.2Ti/c1-19-20(2)24(6)27(23(19)5)33(15,31-29(9,10)11)17-18-34(16,32-30(12,13)14)28-25(7)21(3)22(4)26(28)8;;;;;;;;/h19-28H,17-18H2,1-16H3;6*1H3;;/q-2;6*-1;2*+4/t19-,20+,21-,22+,23-,24-,25-,26-,27?,28?,33?,34?;;;;;;;;/m1......../s1. The molecule has 12 atom stereocenters. The van der Waals surface area contributed by atoms with Gasteiger partial charge >= 0.3 is 43.4 Å². The van der Waals surface area contributed by atoms with Crippen LogP contribution in [-0.4, -0.2) is 27.5 Å². The van der Waals surface area contributed by atoms with E-state index in [1.54, 1.807) is 0 Å². The molecule has 0 aliphatic heterocycles. The quantitative estimate of drug-likeness (QED) is 0.188. The average molecular weight is 693 g/mol. The second-order valence-corrected chi connectivity index (χ2v) is 23.9. The molecule has 0 spiro atoms. The van der Waals surface area contributed by atoms with Gasteiger partial charge in [-0.2, -0.15) is 0 Å². The van der Waals surface area contributed by atoms with Crippen molar-refractivity contribution >= 4 is 16.5 Å². The van der Waals surface area contributed by atoms with Gasteiger partial charge < -0.3 is 54.5 Å². The molecule has 4 unspecified atom stereocenters. The molecular formula is C36H80N2Si2Ti2. The molecule has 0 N–H and O–H groups in total. The zero-order chi connectivity index (χ0) is 26.6. The van der Waals surface area contributed by atoms with Crippen molar-refractivity contribution in [3.63, 3.8) is 0 Å². The van der Waals surface area contributed by atoms with Crippen molar-refractivity contribution in [1.82, 2.24) is 0 Å². The molecule has 6 heteroatoms. The molecule has 0 aromatic rings. The summed E-state index contributed by atoms with van der Waals surface area (Å²) in [6, 6.07) is 2.67. The fourth-order valence-corrected chi connectivity index (χ4v) is 23.1. The predicted octanol–water partition coefficient (Wildman–Crippen LogP) is 13.0. The van der Waals surface area contributed by atoms with Gasteiger partial charge in [0.1, 0.15) is 0 Å². The van der Waals surface area contributed by atoms with Gasteiger partial charge in [-0.1, -0.05) is 150 Å². The molecule has 2 fully saturated rings. The van der Waals surface area contributed by atoms with Gasteiger partial charge in [0.2, 0.25) is 0 Å². The molecule has 2 aliphatic rings. The van der Waals surface area contributed by atoms with Gasteiger partial charge in [-0.05, 0) is 47.3 Å². The Morgan fingerprint density at radius 2 is 0.571 bits per heavy atom. The van der Waals surface area contributed by atoms with E-state index in [0.29, 0.717) is 0 Å². The smallest absolute Gasteiger partial charge is 0.659 e. The van der Waals surface area contributed by atoms with Crippen LogP contribution in [0, 0.1) is 91.9 Å². The van der Waals surface area contributed by atoms with Crippen molar-refractivity contribution in [2.75, 3.05) is 0 Å². The summed E-state index contributed by atoms with van der Waals surface area (Å²) in [4.78, 5) is 11.6. The van der Waals surface area contributed by atoms with E-state index in [0.717, 1.165) is 58.4 Å². The Morgan fingerprint density at radius 3 is 0.714 bits per heavy atom. The van der Waals surface area contributed by atoms with Gasteiger partial charge in [-0.25, -0.2) is 0 Å². The van der Waals surface area contributed by atoms with Crippen molar-refractivity contribution in [2.45, 2.75) is 144 Å². The summed E-state index contributed by atoms with van der Waals surface area (Å²) < 4.78 is 0. The maximum Gasteiger partial charge on any atom is 4.00 e. The zero-order valence-corrected chi connectivity index (χ0v) is 38.2. The van der Waals surface area contributed by atoms with E-state index in [1.165, 1.54) is 12.1 Å². The van der Waals surface area contributed by atoms with Crippen LogP contribution in [-0.2, 0) is 43.4 Å². The largest absolute Gasteiger partial charge is 4.00 e. The Hall–Kier alpha value is 1.78. The summed E-state index contributed by atoms with van der Waals surface area (Å²) in [5.41, 5.74) is 1.68. The van der Waals surface area contributed by atoms with E-state index in [-0.39, 0.29) is 99.1 Å². The van der Waals surface area contributed by atoms with Crippen molar-refractivity contribution in [3.05, 3.63) is 54.5 Å². The maximum atomic E-state index is 5.81. The van der Waals surface area contributed by atoms with E-state index >= 15 is 0 Å². The normalized spacial score (nSPS) is 32.3. The summed E-state index contributed by atoms with van der Waals surface area (Å²) >= 11 is 0. The monoisotopic (exact) mass is 692 g/mol. The Labute approximate surface area is 304 Å². The van der Waals surface area contributed by atoms with Crippen molar-refractivity contribution < 1.29 is 43.4 Å². The Bertz CT molecular complexity index is 609. The fraction of sp³-hybridized carbons (Fsp3) is 0.833. The molecule has 42 heavy (non-hydrogen) atoms. The second-order valence-electron chi connectivity index (χ2n) is 15.7. The van der Waals surface area contributed by atoms with Crippen LogP contribution >= 0.6 is 0 Å². The van der Waals surface area contributed by atoms with Crippen LogP contribution in [0.3, 0.4) is 0 Å². The third-order valence-corrected chi connectivity index (χ3v) is 21.4. The summed E-state index contributed by atoms with van der Waals surface area (Å²) in [6.07, 6.45) is 0. The Morgan fingerprint density at radius 1 is 0.405 bits per heavy atom. The molecule has 0 heterocycles. The van der Waals surface area contributed by atoms with Crippen LogP contribution in [0.15, 0.2) is 0 Å². The van der Waals surface area contributed by atoms with Crippen LogP contribution in [0.4, 0.5) is 0 Å². The minimum Gasteiger partial charge on any atom is -0.659 e. The number of hydrogen-bond acceptors (Lipinski definition) is 0. The summed E-state index contributed by atoms with van der Waals surface area (Å²) in [5, 5.41) is 0. The topological polar surface area (TPSA) is 28.2 Å². The first-order chi connectivity index (χ1) is 15.2. The Kier molecular flexibility index (Phi) is 29.5. The van der Waals surface area contributed by atoms with Gasteiger partial charge in [0.05, 0.1) is 0 Å². The van der Waals surface area contributed by atoms with Gasteiger partial charge in [-0.15, -0.1) is 11.1 Å². The van der Waals surface area contributed by atoms with Crippen molar-refractivity contribution in [1.29, 1.82) is 0 Å². The van der Waals surface area contributed by atoms with Crippen LogP contribution < -0.4 is 0 Å². The molecular weight excluding hydrogens is 612 g/mol. The minimum atomic E-state index is -1.88. The third kappa shape index (κ3) is 13.1. The predicted molar refractivity (Wildman–Crippen MR) is 198 cm³/mol. The second kappa shape index (κ2) is 20.9. The maximum absolute atomic E-state index is 5.81.